The first-order valence-corrected chi connectivity index (χ1v) is 6.64. The van der Waals surface area contributed by atoms with Gasteiger partial charge in [-0.2, -0.15) is 0 Å². The van der Waals surface area contributed by atoms with Gasteiger partial charge < -0.3 is 9.84 Å². The van der Waals surface area contributed by atoms with E-state index in [2.05, 4.69) is 0 Å². The van der Waals surface area contributed by atoms with E-state index >= 15 is 0 Å². The van der Waals surface area contributed by atoms with Crippen molar-refractivity contribution in [3.63, 3.8) is 0 Å². The van der Waals surface area contributed by atoms with Crippen molar-refractivity contribution in [3.8, 4) is 5.75 Å². The topological polar surface area (TPSA) is 29.5 Å². The van der Waals surface area contributed by atoms with Crippen LogP contribution >= 0.6 is 0 Å². The number of hydrogen-bond acceptors (Lipinski definition) is 2. The summed E-state index contributed by atoms with van der Waals surface area (Å²) in [6, 6.07) is 10.4. The molecule has 1 N–H and O–H groups in total. The lowest BCUT2D eigenvalue weighted by Gasteiger charge is -2.15. The van der Waals surface area contributed by atoms with Gasteiger partial charge in [0.05, 0.1) is 6.10 Å². The van der Waals surface area contributed by atoms with Crippen molar-refractivity contribution >= 4 is 0 Å². The molecule has 1 atom stereocenters. The highest BCUT2D eigenvalue weighted by Gasteiger charge is 2.10. The van der Waals surface area contributed by atoms with Gasteiger partial charge in [-0.05, 0) is 55.7 Å². The minimum atomic E-state index is -0.583. The van der Waals surface area contributed by atoms with Gasteiger partial charge in [-0.1, -0.05) is 18.2 Å². The van der Waals surface area contributed by atoms with Crippen molar-refractivity contribution < 1.29 is 14.2 Å². The van der Waals surface area contributed by atoms with Crippen molar-refractivity contribution in [2.45, 2.75) is 33.5 Å². The Morgan fingerprint density at radius 1 is 1.15 bits per heavy atom. The Morgan fingerprint density at radius 2 is 1.90 bits per heavy atom. The van der Waals surface area contributed by atoms with Crippen LogP contribution in [0.1, 0.15) is 35.3 Å². The highest BCUT2D eigenvalue weighted by atomic mass is 19.1. The zero-order chi connectivity index (χ0) is 14.7. The molecule has 0 fully saturated rings. The van der Waals surface area contributed by atoms with E-state index in [-0.39, 0.29) is 5.82 Å². The summed E-state index contributed by atoms with van der Waals surface area (Å²) in [5.41, 5.74) is 3.62. The van der Waals surface area contributed by atoms with Gasteiger partial charge in [0, 0.05) is 5.56 Å². The van der Waals surface area contributed by atoms with Crippen molar-refractivity contribution in [2.75, 3.05) is 0 Å². The average molecular weight is 274 g/mol. The van der Waals surface area contributed by atoms with Crippen LogP contribution in [-0.4, -0.2) is 5.11 Å². The van der Waals surface area contributed by atoms with Crippen LogP contribution in [-0.2, 0) is 6.61 Å². The van der Waals surface area contributed by atoms with Crippen LogP contribution in [0, 0.1) is 19.7 Å². The molecule has 0 bridgehead atoms. The molecule has 106 valence electrons. The van der Waals surface area contributed by atoms with Crippen molar-refractivity contribution in [1.29, 1.82) is 0 Å². The number of ether oxygens (including phenoxy) is 1. The highest BCUT2D eigenvalue weighted by molar-refractivity contribution is 5.39. The molecule has 0 heterocycles. The quantitative estimate of drug-likeness (QED) is 0.910. The lowest BCUT2D eigenvalue weighted by molar-refractivity contribution is 0.190. The molecule has 0 aromatic heterocycles. The largest absolute Gasteiger partial charge is 0.489 e. The maximum atomic E-state index is 13.1. The van der Waals surface area contributed by atoms with E-state index in [1.807, 2.05) is 32.0 Å². The Bertz CT molecular complexity index is 606. The molecule has 0 aliphatic heterocycles. The van der Waals surface area contributed by atoms with Crippen molar-refractivity contribution in [2.24, 2.45) is 0 Å². The molecular formula is C17H19FO2. The molecule has 0 saturated heterocycles. The molecule has 0 amide bonds. The van der Waals surface area contributed by atoms with E-state index in [9.17, 15) is 9.50 Å². The lowest BCUT2D eigenvalue weighted by atomic mass is 10.1. The molecule has 0 radical (unpaired) electrons. The predicted molar refractivity (Wildman–Crippen MR) is 77.3 cm³/mol. The molecule has 0 saturated carbocycles. The minimum absolute atomic E-state index is 0.244. The van der Waals surface area contributed by atoms with E-state index < -0.39 is 6.10 Å². The SMILES string of the molecule is Cc1ccc([C@@H](C)O)c(OCc2ccc(F)cc2C)c1. The predicted octanol–water partition coefficient (Wildman–Crippen LogP) is 4.07. The average Bonchev–Trinajstić information content (AvgIpc) is 2.37. The zero-order valence-corrected chi connectivity index (χ0v) is 12.0. The monoisotopic (exact) mass is 274 g/mol. The Balaban J connectivity index is 2.20. The smallest absolute Gasteiger partial charge is 0.125 e. The molecule has 2 aromatic carbocycles. The third-order valence-electron chi connectivity index (χ3n) is 3.31. The van der Waals surface area contributed by atoms with Crippen LogP contribution in [0.4, 0.5) is 4.39 Å². The van der Waals surface area contributed by atoms with E-state index in [0.717, 1.165) is 22.3 Å². The first-order valence-electron chi connectivity index (χ1n) is 6.64. The van der Waals surface area contributed by atoms with Crippen LogP contribution < -0.4 is 4.74 Å². The number of halogens is 1. The first kappa shape index (κ1) is 14.5. The van der Waals surface area contributed by atoms with Crippen LogP contribution in [0.25, 0.3) is 0 Å². The summed E-state index contributed by atoms with van der Waals surface area (Å²) in [7, 11) is 0. The summed E-state index contributed by atoms with van der Waals surface area (Å²) in [6.45, 7) is 5.89. The molecule has 0 spiro atoms. The first-order chi connectivity index (χ1) is 9.47. The molecule has 0 aliphatic carbocycles. The van der Waals surface area contributed by atoms with Crippen molar-refractivity contribution in [1.82, 2.24) is 0 Å². The number of aryl methyl sites for hydroxylation is 2. The molecule has 2 aromatic rings. The fraction of sp³-hybridized carbons (Fsp3) is 0.294. The van der Waals surface area contributed by atoms with Gasteiger partial charge in [0.2, 0.25) is 0 Å². The Kier molecular flexibility index (Phi) is 4.40. The van der Waals surface area contributed by atoms with E-state index in [0.29, 0.717) is 12.4 Å². The third-order valence-corrected chi connectivity index (χ3v) is 3.31. The second kappa shape index (κ2) is 6.06. The Hall–Kier alpha value is -1.87. The van der Waals surface area contributed by atoms with Crippen LogP contribution in [0.3, 0.4) is 0 Å². The maximum Gasteiger partial charge on any atom is 0.125 e. The van der Waals surface area contributed by atoms with E-state index in [1.165, 1.54) is 12.1 Å². The summed E-state index contributed by atoms with van der Waals surface area (Å²) in [6.07, 6.45) is -0.583. The second-order valence-electron chi connectivity index (χ2n) is 5.08. The Morgan fingerprint density at radius 3 is 2.55 bits per heavy atom. The van der Waals surface area contributed by atoms with Gasteiger partial charge in [-0.3, -0.25) is 0 Å². The molecule has 0 aliphatic rings. The zero-order valence-electron chi connectivity index (χ0n) is 12.0. The van der Waals surface area contributed by atoms with Crippen LogP contribution in [0.2, 0.25) is 0 Å². The van der Waals surface area contributed by atoms with Crippen molar-refractivity contribution in [3.05, 3.63) is 64.5 Å². The molecule has 2 nitrogen and oxygen atoms in total. The summed E-state index contributed by atoms with van der Waals surface area (Å²) >= 11 is 0. The molecule has 2 rings (SSSR count). The van der Waals surface area contributed by atoms with E-state index in [4.69, 9.17) is 4.74 Å². The number of aliphatic hydroxyl groups excluding tert-OH is 1. The van der Waals surface area contributed by atoms with Gasteiger partial charge in [0.25, 0.3) is 0 Å². The summed E-state index contributed by atoms with van der Waals surface area (Å²) in [4.78, 5) is 0. The second-order valence-corrected chi connectivity index (χ2v) is 5.08. The number of rotatable bonds is 4. The third kappa shape index (κ3) is 3.36. The van der Waals surface area contributed by atoms with Gasteiger partial charge in [-0.25, -0.2) is 4.39 Å². The normalized spacial score (nSPS) is 12.2. The van der Waals surface area contributed by atoms with Gasteiger partial charge >= 0.3 is 0 Å². The molecule has 20 heavy (non-hydrogen) atoms. The summed E-state index contributed by atoms with van der Waals surface area (Å²) < 4.78 is 18.9. The Labute approximate surface area is 118 Å². The van der Waals surface area contributed by atoms with Crippen LogP contribution in [0.15, 0.2) is 36.4 Å². The maximum absolute atomic E-state index is 13.1. The fourth-order valence-corrected chi connectivity index (χ4v) is 2.09. The number of aliphatic hydroxyl groups is 1. The summed E-state index contributed by atoms with van der Waals surface area (Å²) in [5.74, 6) is 0.426. The lowest BCUT2D eigenvalue weighted by Crippen LogP contribution is -2.03. The van der Waals surface area contributed by atoms with Gasteiger partial charge in [-0.15, -0.1) is 0 Å². The van der Waals surface area contributed by atoms with Gasteiger partial charge in [0.15, 0.2) is 0 Å². The van der Waals surface area contributed by atoms with Gasteiger partial charge in [0.1, 0.15) is 18.2 Å². The fourth-order valence-electron chi connectivity index (χ4n) is 2.09. The molecule has 0 unspecified atom stereocenters. The standard InChI is InChI=1S/C17H19FO2/c1-11-4-7-16(13(3)19)17(8-11)20-10-14-5-6-15(18)9-12(14)2/h4-9,13,19H,10H2,1-3H3/t13-/m1/s1. The molecular weight excluding hydrogens is 255 g/mol. The summed E-state index contributed by atoms with van der Waals surface area (Å²) in [5, 5.41) is 9.75. The van der Waals surface area contributed by atoms with E-state index in [1.54, 1.807) is 13.0 Å². The highest BCUT2D eigenvalue weighted by Crippen LogP contribution is 2.27. The number of benzene rings is 2. The molecule has 3 heteroatoms. The minimum Gasteiger partial charge on any atom is -0.489 e. The number of hydrogen-bond donors (Lipinski definition) is 1. The van der Waals surface area contributed by atoms with Crippen LogP contribution in [0.5, 0.6) is 5.75 Å².